The van der Waals surface area contributed by atoms with Crippen LogP contribution in [0.15, 0.2) is 29.1 Å². The van der Waals surface area contributed by atoms with E-state index in [2.05, 4.69) is 16.9 Å². The Labute approximate surface area is 132 Å². The average molecular weight is 314 g/mol. The highest BCUT2D eigenvalue weighted by Gasteiger charge is 2.13. The number of aromatic nitrogens is 2. The van der Waals surface area contributed by atoms with E-state index >= 15 is 0 Å². The second-order valence-electron chi connectivity index (χ2n) is 5.33. The summed E-state index contributed by atoms with van der Waals surface area (Å²) in [5.41, 5.74) is 2.99. The van der Waals surface area contributed by atoms with Crippen molar-refractivity contribution in [2.45, 2.75) is 33.3 Å². The van der Waals surface area contributed by atoms with Crippen LogP contribution in [0.1, 0.15) is 34.3 Å². The molecule has 1 aromatic carbocycles. The Bertz CT molecular complexity index is 863. The topological polar surface area (TPSA) is 66.0 Å². The molecule has 3 aromatic rings. The van der Waals surface area contributed by atoms with Gasteiger partial charge in [0.25, 0.3) is 5.56 Å². The summed E-state index contributed by atoms with van der Waals surface area (Å²) in [5.74, 6) is 0.679. The Morgan fingerprint density at radius 1 is 1.23 bits per heavy atom. The van der Waals surface area contributed by atoms with Crippen LogP contribution >= 0.6 is 11.3 Å². The molecule has 0 saturated carbocycles. The molecular weight excluding hydrogens is 296 g/mol. The first-order chi connectivity index (χ1) is 10.6. The van der Waals surface area contributed by atoms with Gasteiger partial charge in [0.05, 0.1) is 12.0 Å². The maximum Gasteiger partial charge on any atom is 0.259 e. The first-order valence-electron chi connectivity index (χ1n) is 7.32. The van der Waals surface area contributed by atoms with Crippen LogP contribution in [0.4, 0.5) is 0 Å². The van der Waals surface area contributed by atoms with Crippen molar-refractivity contribution in [2.24, 2.45) is 0 Å². The second kappa shape index (κ2) is 6.02. The van der Waals surface area contributed by atoms with Crippen LogP contribution < -0.4 is 5.56 Å². The number of hydrogen-bond acceptors (Lipinski definition) is 4. The van der Waals surface area contributed by atoms with Crippen LogP contribution in [0, 0.1) is 6.92 Å². The average Bonchev–Trinajstić information content (AvgIpc) is 2.83. The van der Waals surface area contributed by atoms with E-state index < -0.39 is 0 Å². The lowest BCUT2D eigenvalue weighted by molar-refractivity contribution is 0.282. The lowest BCUT2D eigenvalue weighted by Crippen LogP contribution is -2.12. The molecule has 0 fully saturated rings. The van der Waals surface area contributed by atoms with Gasteiger partial charge < -0.3 is 10.1 Å². The van der Waals surface area contributed by atoms with E-state index in [1.807, 2.05) is 31.2 Å². The van der Waals surface area contributed by atoms with Gasteiger partial charge in [-0.25, -0.2) is 4.98 Å². The summed E-state index contributed by atoms with van der Waals surface area (Å²) < 4.78 is 0. The van der Waals surface area contributed by atoms with Crippen molar-refractivity contribution >= 4 is 21.6 Å². The molecule has 0 atom stereocenters. The molecule has 0 aliphatic rings. The van der Waals surface area contributed by atoms with Gasteiger partial charge in [0.2, 0.25) is 0 Å². The highest BCUT2D eigenvalue weighted by atomic mass is 32.1. The number of thiophene rings is 1. The van der Waals surface area contributed by atoms with Crippen molar-refractivity contribution in [3.63, 3.8) is 0 Å². The zero-order valence-electron chi connectivity index (χ0n) is 12.6. The smallest absolute Gasteiger partial charge is 0.259 e. The van der Waals surface area contributed by atoms with E-state index in [1.54, 1.807) is 11.3 Å². The minimum atomic E-state index is -0.0480. The van der Waals surface area contributed by atoms with Crippen molar-refractivity contribution in [1.82, 2.24) is 9.97 Å². The summed E-state index contributed by atoms with van der Waals surface area (Å²) in [6.45, 7) is 4.14. The molecule has 0 saturated heterocycles. The number of aryl methyl sites for hydroxylation is 2. The molecule has 5 heteroatoms. The third kappa shape index (κ3) is 2.69. The molecule has 2 heterocycles. The normalized spacial score (nSPS) is 11.2. The quantitative estimate of drug-likeness (QED) is 0.778. The van der Waals surface area contributed by atoms with Crippen LogP contribution in [0.3, 0.4) is 0 Å². The largest absolute Gasteiger partial charge is 0.392 e. The summed E-state index contributed by atoms with van der Waals surface area (Å²) in [7, 11) is 0. The minimum Gasteiger partial charge on any atom is -0.392 e. The maximum atomic E-state index is 12.4. The number of aromatic amines is 1. The summed E-state index contributed by atoms with van der Waals surface area (Å²) in [6, 6.07) is 7.67. The molecule has 0 spiro atoms. The first-order valence-corrected chi connectivity index (χ1v) is 8.13. The molecule has 2 N–H and O–H groups in total. The van der Waals surface area contributed by atoms with Crippen LogP contribution in [-0.4, -0.2) is 15.1 Å². The van der Waals surface area contributed by atoms with Gasteiger partial charge in [-0.2, -0.15) is 0 Å². The number of fused-ring (bicyclic) bond motifs is 1. The zero-order valence-corrected chi connectivity index (χ0v) is 13.5. The van der Waals surface area contributed by atoms with Crippen LogP contribution in [0.2, 0.25) is 0 Å². The summed E-state index contributed by atoms with van der Waals surface area (Å²) in [4.78, 5) is 21.9. The highest BCUT2D eigenvalue weighted by Crippen LogP contribution is 2.27. The van der Waals surface area contributed by atoms with E-state index in [9.17, 15) is 4.79 Å². The van der Waals surface area contributed by atoms with E-state index in [1.165, 1.54) is 4.88 Å². The lowest BCUT2D eigenvalue weighted by Gasteiger charge is -2.03. The van der Waals surface area contributed by atoms with E-state index in [0.717, 1.165) is 33.3 Å². The fourth-order valence-corrected chi connectivity index (χ4v) is 3.82. The van der Waals surface area contributed by atoms with Crippen molar-refractivity contribution in [2.75, 3.05) is 0 Å². The Morgan fingerprint density at radius 3 is 2.55 bits per heavy atom. The number of nitrogens with one attached hydrogen (secondary N) is 1. The number of aliphatic hydroxyl groups is 1. The summed E-state index contributed by atoms with van der Waals surface area (Å²) in [6.07, 6.45) is 1.42. The third-order valence-electron chi connectivity index (χ3n) is 3.84. The van der Waals surface area contributed by atoms with Crippen molar-refractivity contribution < 1.29 is 5.11 Å². The predicted molar refractivity (Wildman–Crippen MR) is 89.5 cm³/mol. The number of rotatable bonds is 4. The lowest BCUT2D eigenvalue weighted by atomic mass is 10.1. The fourth-order valence-electron chi connectivity index (χ4n) is 2.69. The number of hydrogen-bond donors (Lipinski definition) is 2. The molecule has 114 valence electrons. The molecule has 0 aliphatic heterocycles. The van der Waals surface area contributed by atoms with Crippen LogP contribution in [0.5, 0.6) is 0 Å². The Kier molecular flexibility index (Phi) is 4.09. The molecule has 0 radical (unpaired) electrons. The molecule has 22 heavy (non-hydrogen) atoms. The fraction of sp³-hybridized carbons (Fsp3) is 0.294. The van der Waals surface area contributed by atoms with Gasteiger partial charge >= 0.3 is 0 Å². The van der Waals surface area contributed by atoms with Crippen molar-refractivity contribution in [1.29, 1.82) is 0 Å². The zero-order chi connectivity index (χ0) is 15.7. The van der Waals surface area contributed by atoms with Gasteiger partial charge in [-0.15, -0.1) is 11.3 Å². The van der Waals surface area contributed by atoms with E-state index in [4.69, 9.17) is 5.11 Å². The number of aliphatic hydroxyl groups excluding tert-OH is 1. The van der Waals surface area contributed by atoms with Gasteiger partial charge in [-0.1, -0.05) is 31.2 Å². The van der Waals surface area contributed by atoms with Crippen LogP contribution in [0.25, 0.3) is 10.2 Å². The van der Waals surface area contributed by atoms with Gasteiger partial charge in [0.1, 0.15) is 10.7 Å². The Balaban J connectivity index is 1.99. The van der Waals surface area contributed by atoms with E-state index in [-0.39, 0.29) is 12.2 Å². The summed E-state index contributed by atoms with van der Waals surface area (Å²) in [5, 5.41) is 9.81. The molecule has 3 rings (SSSR count). The predicted octanol–water partition coefficient (Wildman–Crippen LogP) is 2.94. The van der Waals surface area contributed by atoms with E-state index in [0.29, 0.717) is 12.2 Å². The standard InChI is InChI=1S/C17H18N2O2S/c1-3-13-10(2)22-17-15(13)16(21)18-14(19-17)8-11-4-6-12(9-20)7-5-11/h4-7,20H,3,8-9H2,1-2H3,(H,18,19,21). The molecule has 4 nitrogen and oxygen atoms in total. The highest BCUT2D eigenvalue weighted by molar-refractivity contribution is 7.18. The Morgan fingerprint density at radius 2 is 1.91 bits per heavy atom. The monoisotopic (exact) mass is 314 g/mol. The molecule has 0 bridgehead atoms. The van der Waals surface area contributed by atoms with Crippen molar-refractivity contribution in [3.8, 4) is 0 Å². The van der Waals surface area contributed by atoms with Gasteiger partial charge in [-0.05, 0) is 30.0 Å². The second-order valence-corrected chi connectivity index (χ2v) is 6.54. The molecule has 0 aliphatic carbocycles. The molecule has 0 amide bonds. The van der Waals surface area contributed by atoms with Gasteiger partial charge in [0.15, 0.2) is 0 Å². The van der Waals surface area contributed by atoms with Gasteiger partial charge in [-0.3, -0.25) is 4.79 Å². The maximum absolute atomic E-state index is 12.4. The number of benzene rings is 1. The molecule has 0 unspecified atom stereocenters. The molecule has 2 aromatic heterocycles. The summed E-state index contributed by atoms with van der Waals surface area (Å²) >= 11 is 1.58. The third-order valence-corrected chi connectivity index (χ3v) is 4.88. The van der Waals surface area contributed by atoms with Crippen LogP contribution in [-0.2, 0) is 19.4 Å². The SMILES string of the molecule is CCc1c(C)sc2nc(Cc3ccc(CO)cc3)[nH]c(=O)c12. The number of nitrogens with zero attached hydrogens (tertiary/aromatic N) is 1. The first kappa shape index (κ1) is 14.9. The number of H-pyrrole nitrogens is 1. The van der Waals surface area contributed by atoms with Gasteiger partial charge in [0, 0.05) is 11.3 Å². The Hall–Kier alpha value is -1.98. The molecular formula is C17H18N2O2S. The minimum absolute atomic E-state index is 0.0373. The van der Waals surface area contributed by atoms with Crippen molar-refractivity contribution in [3.05, 3.63) is 62.0 Å².